The van der Waals surface area contributed by atoms with Gasteiger partial charge in [-0.1, -0.05) is 36.4 Å². The average molecular weight is 324 g/mol. The molecule has 0 aliphatic heterocycles. The predicted octanol–water partition coefficient (Wildman–Crippen LogP) is 4.25. The van der Waals surface area contributed by atoms with E-state index in [0.717, 1.165) is 0 Å². The zero-order valence-electron chi connectivity index (χ0n) is 12.3. The van der Waals surface area contributed by atoms with E-state index in [1.54, 1.807) is 30.3 Å². The van der Waals surface area contributed by atoms with Gasteiger partial charge in [0.1, 0.15) is 5.75 Å². The molecular formula is C16H15F3N2O2. The second-order valence-corrected chi connectivity index (χ2v) is 4.81. The van der Waals surface area contributed by atoms with Gasteiger partial charge in [0, 0.05) is 18.3 Å². The van der Waals surface area contributed by atoms with Crippen LogP contribution in [0.1, 0.15) is 5.56 Å². The lowest BCUT2D eigenvalue weighted by atomic mass is 10.2. The van der Waals surface area contributed by atoms with Gasteiger partial charge < -0.3 is 15.0 Å². The quantitative estimate of drug-likeness (QED) is 0.913. The first kappa shape index (κ1) is 16.7. The Hall–Kier alpha value is -2.70. The monoisotopic (exact) mass is 324 g/mol. The van der Waals surface area contributed by atoms with Gasteiger partial charge in [0.25, 0.3) is 0 Å². The molecule has 4 nitrogen and oxygen atoms in total. The topological polar surface area (TPSA) is 41.6 Å². The first-order valence-electron chi connectivity index (χ1n) is 6.76. The van der Waals surface area contributed by atoms with E-state index in [0.29, 0.717) is 5.69 Å². The number of carbonyl (C=O) groups excluding carboxylic acids is 1. The summed E-state index contributed by atoms with van der Waals surface area (Å²) in [5, 5.41) is 2.65. The summed E-state index contributed by atoms with van der Waals surface area (Å²) in [5.74, 6) is -0.320. The van der Waals surface area contributed by atoms with E-state index >= 15 is 0 Å². The molecule has 0 heterocycles. The van der Waals surface area contributed by atoms with Crippen molar-refractivity contribution in [3.63, 3.8) is 0 Å². The molecule has 122 valence electrons. The highest BCUT2D eigenvalue weighted by Crippen LogP contribution is 2.27. The average Bonchev–Trinajstić information content (AvgIpc) is 2.48. The Morgan fingerprint density at radius 3 is 2.35 bits per heavy atom. The van der Waals surface area contributed by atoms with Crippen LogP contribution in [0.4, 0.5) is 23.7 Å². The van der Waals surface area contributed by atoms with Crippen LogP contribution >= 0.6 is 0 Å². The minimum absolute atomic E-state index is 0.0229. The van der Waals surface area contributed by atoms with E-state index < -0.39 is 12.4 Å². The van der Waals surface area contributed by atoms with Gasteiger partial charge in [0.2, 0.25) is 0 Å². The van der Waals surface area contributed by atoms with E-state index in [2.05, 4.69) is 10.1 Å². The first-order valence-corrected chi connectivity index (χ1v) is 6.76. The molecular weight excluding hydrogens is 309 g/mol. The number of nitrogens with zero attached hydrogens (tertiary/aromatic N) is 1. The summed E-state index contributed by atoms with van der Waals surface area (Å²) >= 11 is 0. The lowest BCUT2D eigenvalue weighted by molar-refractivity contribution is -0.274. The number of hydrogen-bond acceptors (Lipinski definition) is 2. The minimum atomic E-state index is -4.78. The van der Waals surface area contributed by atoms with E-state index in [-0.39, 0.29) is 17.9 Å². The van der Waals surface area contributed by atoms with Crippen molar-refractivity contribution in [2.75, 3.05) is 12.4 Å². The highest BCUT2D eigenvalue weighted by Gasteiger charge is 2.32. The molecule has 0 unspecified atom stereocenters. The van der Waals surface area contributed by atoms with Crippen molar-refractivity contribution >= 4 is 11.7 Å². The number of para-hydroxylation sites is 2. The summed E-state index contributed by atoms with van der Waals surface area (Å²) in [7, 11) is 1.49. The summed E-state index contributed by atoms with van der Waals surface area (Å²) < 4.78 is 41.1. The molecule has 23 heavy (non-hydrogen) atoms. The van der Waals surface area contributed by atoms with Crippen molar-refractivity contribution in [2.45, 2.75) is 12.9 Å². The van der Waals surface area contributed by atoms with Gasteiger partial charge in [-0.2, -0.15) is 0 Å². The fourth-order valence-corrected chi connectivity index (χ4v) is 1.93. The number of anilines is 1. The number of benzene rings is 2. The molecule has 0 saturated carbocycles. The van der Waals surface area contributed by atoms with Crippen LogP contribution in [0.15, 0.2) is 54.6 Å². The zero-order chi connectivity index (χ0) is 16.9. The standard InChI is InChI=1S/C16H15F3N2O2/c1-21(15(22)20-13-8-3-2-4-9-13)11-12-7-5-6-10-14(12)23-16(17,18)19/h2-10H,11H2,1H3,(H,20,22). The third kappa shape index (κ3) is 5.21. The molecule has 0 aliphatic rings. The Kier molecular flexibility index (Phi) is 5.10. The first-order chi connectivity index (χ1) is 10.8. The van der Waals surface area contributed by atoms with Crippen LogP contribution < -0.4 is 10.1 Å². The number of urea groups is 1. The molecule has 0 bridgehead atoms. The maximum absolute atomic E-state index is 12.4. The van der Waals surface area contributed by atoms with Gasteiger partial charge in [-0.05, 0) is 18.2 Å². The second-order valence-electron chi connectivity index (χ2n) is 4.81. The van der Waals surface area contributed by atoms with E-state index in [1.165, 1.54) is 30.1 Å². The summed E-state index contributed by atoms with van der Waals surface area (Å²) in [6.45, 7) is -0.0229. The highest BCUT2D eigenvalue weighted by molar-refractivity contribution is 5.89. The molecule has 2 aromatic rings. The van der Waals surface area contributed by atoms with Gasteiger partial charge in [0.15, 0.2) is 0 Å². The number of ether oxygens (including phenoxy) is 1. The van der Waals surface area contributed by atoms with Crippen molar-refractivity contribution < 1.29 is 22.7 Å². The lowest BCUT2D eigenvalue weighted by Gasteiger charge is -2.20. The van der Waals surface area contributed by atoms with E-state index in [9.17, 15) is 18.0 Å². The second kappa shape index (κ2) is 7.04. The molecule has 0 aromatic heterocycles. The molecule has 0 saturated heterocycles. The molecule has 7 heteroatoms. The summed E-state index contributed by atoms with van der Waals surface area (Å²) in [6, 6.07) is 14.1. The van der Waals surface area contributed by atoms with E-state index in [1.807, 2.05) is 6.07 Å². The summed E-state index contributed by atoms with van der Waals surface area (Å²) in [6.07, 6.45) is -4.78. The fourth-order valence-electron chi connectivity index (χ4n) is 1.93. The Balaban J connectivity index is 2.05. The number of amides is 2. The smallest absolute Gasteiger partial charge is 0.405 e. The van der Waals surface area contributed by atoms with Gasteiger partial charge in [0.05, 0.1) is 6.54 Å². The fraction of sp³-hybridized carbons (Fsp3) is 0.188. The molecule has 0 aliphatic carbocycles. The summed E-state index contributed by atoms with van der Waals surface area (Å²) in [4.78, 5) is 13.3. The number of nitrogens with one attached hydrogen (secondary N) is 1. The number of halogens is 3. The van der Waals surface area contributed by atoms with Crippen LogP contribution in [0.25, 0.3) is 0 Å². The Morgan fingerprint density at radius 2 is 1.70 bits per heavy atom. The van der Waals surface area contributed by atoms with Gasteiger partial charge in [-0.15, -0.1) is 13.2 Å². The molecule has 0 spiro atoms. The molecule has 1 N–H and O–H groups in total. The SMILES string of the molecule is CN(Cc1ccccc1OC(F)(F)F)C(=O)Nc1ccccc1. The molecule has 2 aromatic carbocycles. The van der Waals surface area contributed by atoms with Crippen LogP contribution in [0.2, 0.25) is 0 Å². The van der Waals surface area contributed by atoms with Crippen molar-refractivity contribution in [1.29, 1.82) is 0 Å². The Labute approximate surface area is 131 Å². The zero-order valence-corrected chi connectivity index (χ0v) is 12.3. The van der Waals surface area contributed by atoms with Crippen molar-refractivity contribution in [2.24, 2.45) is 0 Å². The number of carbonyl (C=O) groups is 1. The van der Waals surface area contributed by atoms with Gasteiger partial charge in [-0.25, -0.2) is 4.79 Å². The number of rotatable bonds is 4. The van der Waals surface area contributed by atoms with Crippen molar-refractivity contribution in [3.05, 3.63) is 60.2 Å². The van der Waals surface area contributed by atoms with Crippen LogP contribution in [0, 0.1) is 0 Å². The van der Waals surface area contributed by atoms with Gasteiger partial charge >= 0.3 is 12.4 Å². The Morgan fingerprint density at radius 1 is 1.09 bits per heavy atom. The predicted molar refractivity (Wildman–Crippen MR) is 80.1 cm³/mol. The third-order valence-electron chi connectivity index (χ3n) is 2.98. The molecule has 0 fully saturated rings. The van der Waals surface area contributed by atoms with Crippen molar-refractivity contribution in [1.82, 2.24) is 4.90 Å². The maximum Gasteiger partial charge on any atom is 0.573 e. The maximum atomic E-state index is 12.4. The minimum Gasteiger partial charge on any atom is -0.405 e. The largest absolute Gasteiger partial charge is 0.573 e. The Bertz CT molecular complexity index is 660. The van der Waals surface area contributed by atoms with Crippen LogP contribution in [0.3, 0.4) is 0 Å². The van der Waals surface area contributed by atoms with Crippen LogP contribution in [0.5, 0.6) is 5.75 Å². The van der Waals surface area contributed by atoms with Crippen LogP contribution in [-0.4, -0.2) is 24.3 Å². The molecule has 2 rings (SSSR count). The van der Waals surface area contributed by atoms with E-state index in [4.69, 9.17) is 0 Å². The third-order valence-corrected chi connectivity index (χ3v) is 2.98. The molecule has 0 radical (unpaired) electrons. The summed E-state index contributed by atoms with van der Waals surface area (Å²) in [5.41, 5.74) is 0.861. The van der Waals surface area contributed by atoms with Crippen molar-refractivity contribution in [3.8, 4) is 5.75 Å². The normalized spacial score (nSPS) is 11.0. The van der Waals surface area contributed by atoms with Gasteiger partial charge in [-0.3, -0.25) is 0 Å². The van der Waals surface area contributed by atoms with Crippen LogP contribution in [-0.2, 0) is 6.54 Å². The number of alkyl halides is 3. The number of hydrogen-bond donors (Lipinski definition) is 1. The molecule has 2 amide bonds. The highest BCUT2D eigenvalue weighted by atomic mass is 19.4. The lowest BCUT2D eigenvalue weighted by Crippen LogP contribution is -2.31. The molecule has 0 atom stereocenters.